The zero-order valence-electron chi connectivity index (χ0n) is 13.7. The minimum absolute atomic E-state index is 0.263. The van der Waals surface area contributed by atoms with Crippen molar-refractivity contribution in [3.05, 3.63) is 59.4 Å². The molecule has 0 fully saturated rings. The van der Waals surface area contributed by atoms with E-state index in [1.54, 1.807) is 18.2 Å². The summed E-state index contributed by atoms with van der Waals surface area (Å²) >= 11 is 5.88. The van der Waals surface area contributed by atoms with Crippen molar-refractivity contribution in [1.82, 2.24) is 9.97 Å². The average molecular weight is 376 g/mol. The van der Waals surface area contributed by atoms with Crippen LogP contribution in [0.25, 0.3) is 10.9 Å². The van der Waals surface area contributed by atoms with Crippen LogP contribution >= 0.6 is 11.6 Å². The van der Waals surface area contributed by atoms with Crippen molar-refractivity contribution in [2.45, 2.75) is 17.7 Å². The van der Waals surface area contributed by atoms with Crippen molar-refractivity contribution in [1.29, 1.82) is 0 Å². The van der Waals surface area contributed by atoms with E-state index in [0.29, 0.717) is 16.7 Å². The molecule has 0 radical (unpaired) electrons. The maximum absolute atomic E-state index is 11.8. The van der Waals surface area contributed by atoms with E-state index in [1.165, 1.54) is 18.1 Å². The highest BCUT2D eigenvalue weighted by atomic mass is 35.5. The minimum atomic E-state index is -3.27. The molecule has 0 saturated heterocycles. The van der Waals surface area contributed by atoms with Gasteiger partial charge in [0.25, 0.3) is 0 Å². The van der Waals surface area contributed by atoms with Crippen molar-refractivity contribution in [3.63, 3.8) is 0 Å². The van der Waals surface area contributed by atoms with E-state index in [0.717, 1.165) is 24.4 Å². The van der Waals surface area contributed by atoms with Gasteiger partial charge in [-0.2, -0.15) is 0 Å². The minimum Gasteiger partial charge on any atom is -0.369 e. The number of aromatic nitrogens is 2. The van der Waals surface area contributed by atoms with Gasteiger partial charge in [-0.1, -0.05) is 23.7 Å². The fourth-order valence-corrected chi connectivity index (χ4v) is 3.33. The molecule has 130 valence electrons. The lowest BCUT2D eigenvalue weighted by atomic mass is 10.1. The Balaban J connectivity index is 1.71. The third-order valence-corrected chi connectivity index (χ3v) is 5.25. The summed E-state index contributed by atoms with van der Waals surface area (Å²) in [6.07, 6.45) is 4.50. The van der Waals surface area contributed by atoms with Crippen molar-refractivity contribution >= 4 is 38.2 Å². The van der Waals surface area contributed by atoms with E-state index in [9.17, 15) is 8.42 Å². The number of benzene rings is 2. The lowest BCUT2D eigenvalue weighted by molar-refractivity contribution is 0.602. The summed E-state index contributed by atoms with van der Waals surface area (Å²) in [4.78, 5) is 8.71. The molecular weight excluding hydrogens is 358 g/mol. The molecule has 25 heavy (non-hydrogen) atoms. The van der Waals surface area contributed by atoms with Crippen LogP contribution in [-0.4, -0.2) is 31.2 Å². The topological polar surface area (TPSA) is 72.0 Å². The summed E-state index contributed by atoms with van der Waals surface area (Å²) < 4.78 is 23.5. The Morgan fingerprint density at radius 2 is 1.84 bits per heavy atom. The molecule has 0 aliphatic heterocycles. The SMILES string of the molecule is CS(=O)(=O)c1ccc2ncnc(NCCCc3ccc(Cl)cc3)c2c1. The zero-order valence-corrected chi connectivity index (χ0v) is 15.3. The third-order valence-electron chi connectivity index (χ3n) is 3.88. The molecular formula is C18H18ClN3O2S. The number of hydrogen-bond acceptors (Lipinski definition) is 5. The molecule has 0 aliphatic carbocycles. The molecule has 2 aromatic carbocycles. The highest BCUT2D eigenvalue weighted by Gasteiger charge is 2.10. The fourth-order valence-electron chi connectivity index (χ4n) is 2.56. The maximum atomic E-state index is 11.8. The second-order valence-electron chi connectivity index (χ2n) is 5.83. The Labute approximate surface area is 152 Å². The summed E-state index contributed by atoms with van der Waals surface area (Å²) in [7, 11) is -3.27. The molecule has 5 nitrogen and oxygen atoms in total. The van der Waals surface area contributed by atoms with Crippen LogP contribution < -0.4 is 5.32 Å². The number of fused-ring (bicyclic) bond motifs is 1. The number of hydrogen-bond donors (Lipinski definition) is 1. The van der Waals surface area contributed by atoms with Gasteiger partial charge in [-0.25, -0.2) is 18.4 Å². The summed E-state index contributed by atoms with van der Waals surface area (Å²) in [6, 6.07) is 12.7. The monoisotopic (exact) mass is 375 g/mol. The summed E-state index contributed by atoms with van der Waals surface area (Å²) in [6.45, 7) is 0.720. The first-order valence-electron chi connectivity index (χ1n) is 7.86. The molecule has 0 spiro atoms. The Kier molecular flexibility index (Phi) is 5.20. The Morgan fingerprint density at radius 1 is 1.08 bits per heavy atom. The van der Waals surface area contributed by atoms with Crippen LogP contribution in [0.3, 0.4) is 0 Å². The lowest BCUT2D eigenvalue weighted by Crippen LogP contribution is -2.06. The van der Waals surface area contributed by atoms with Crippen LogP contribution in [0, 0.1) is 0 Å². The van der Waals surface area contributed by atoms with Crippen LogP contribution in [0.15, 0.2) is 53.7 Å². The molecule has 1 aromatic heterocycles. The fraction of sp³-hybridized carbons (Fsp3) is 0.222. The van der Waals surface area contributed by atoms with Gasteiger partial charge >= 0.3 is 0 Å². The van der Waals surface area contributed by atoms with E-state index in [-0.39, 0.29) is 4.90 Å². The zero-order chi connectivity index (χ0) is 17.9. The van der Waals surface area contributed by atoms with Crippen LogP contribution in [0.4, 0.5) is 5.82 Å². The first kappa shape index (κ1) is 17.6. The first-order valence-corrected chi connectivity index (χ1v) is 10.1. The molecule has 3 aromatic rings. The maximum Gasteiger partial charge on any atom is 0.175 e. The summed E-state index contributed by atoms with van der Waals surface area (Å²) in [5, 5.41) is 4.71. The molecule has 3 rings (SSSR count). The number of anilines is 1. The van der Waals surface area contributed by atoms with Gasteiger partial charge in [-0.3, -0.25) is 0 Å². The van der Waals surface area contributed by atoms with E-state index in [4.69, 9.17) is 11.6 Å². The third kappa shape index (κ3) is 4.46. The first-order chi connectivity index (χ1) is 11.9. The van der Waals surface area contributed by atoms with Crippen molar-refractivity contribution in [2.24, 2.45) is 0 Å². The van der Waals surface area contributed by atoms with Gasteiger partial charge in [0, 0.05) is 23.2 Å². The predicted molar refractivity (Wildman–Crippen MR) is 101 cm³/mol. The second kappa shape index (κ2) is 7.37. The molecule has 0 atom stereocenters. The van der Waals surface area contributed by atoms with Crippen LogP contribution in [0.1, 0.15) is 12.0 Å². The Hall–Kier alpha value is -2.18. The standard InChI is InChI=1S/C18H18ClN3O2S/c1-25(23,24)15-8-9-17-16(11-15)18(22-12-21-17)20-10-2-3-13-4-6-14(19)7-5-13/h4-9,11-12H,2-3,10H2,1H3,(H,20,21,22). The molecule has 0 amide bonds. The molecule has 7 heteroatoms. The van der Waals surface area contributed by atoms with Crippen LogP contribution in [0.2, 0.25) is 5.02 Å². The lowest BCUT2D eigenvalue weighted by Gasteiger charge is -2.09. The number of aryl methyl sites for hydroxylation is 1. The van der Waals surface area contributed by atoms with Gasteiger partial charge in [-0.05, 0) is 48.7 Å². The van der Waals surface area contributed by atoms with E-state index in [2.05, 4.69) is 15.3 Å². The molecule has 0 unspecified atom stereocenters. The van der Waals surface area contributed by atoms with Gasteiger partial charge < -0.3 is 5.32 Å². The quantitative estimate of drug-likeness (QED) is 0.664. The van der Waals surface area contributed by atoms with Crippen molar-refractivity contribution in [3.8, 4) is 0 Å². The largest absolute Gasteiger partial charge is 0.369 e. The Morgan fingerprint density at radius 3 is 2.56 bits per heavy atom. The van der Waals surface area contributed by atoms with Crippen molar-refractivity contribution < 1.29 is 8.42 Å². The van der Waals surface area contributed by atoms with Crippen LogP contribution in [-0.2, 0) is 16.3 Å². The van der Waals surface area contributed by atoms with E-state index in [1.807, 2.05) is 24.3 Å². The number of nitrogens with zero attached hydrogens (tertiary/aromatic N) is 2. The van der Waals surface area contributed by atoms with Crippen molar-refractivity contribution in [2.75, 3.05) is 18.1 Å². The molecule has 0 bridgehead atoms. The van der Waals surface area contributed by atoms with Crippen LogP contribution in [0.5, 0.6) is 0 Å². The molecule has 1 heterocycles. The predicted octanol–water partition coefficient (Wildman–Crippen LogP) is 3.73. The second-order valence-corrected chi connectivity index (χ2v) is 8.28. The summed E-state index contributed by atoms with van der Waals surface area (Å²) in [5.74, 6) is 0.645. The summed E-state index contributed by atoms with van der Waals surface area (Å²) in [5.41, 5.74) is 1.93. The van der Waals surface area contributed by atoms with Gasteiger partial charge in [0.1, 0.15) is 12.1 Å². The highest BCUT2D eigenvalue weighted by molar-refractivity contribution is 7.90. The number of rotatable bonds is 6. The van der Waals surface area contributed by atoms with E-state index >= 15 is 0 Å². The van der Waals surface area contributed by atoms with Gasteiger partial charge in [0.2, 0.25) is 0 Å². The average Bonchev–Trinajstić information content (AvgIpc) is 2.59. The number of nitrogens with one attached hydrogen (secondary N) is 1. The van der Waals surface area contributed by atoms with E-state index < -0.39 is 9.84 Å². The van der Waals surface area contributed by atoms with Gasteiger partial charge in [0.05, 0.1) is 10.4 Å². The molecule has 0 aliphatic rings. The molecule has 0 saturated carbocycles. The highest BCUT2D eigenvalue weighted by Crippen LogP contribution is 2.23. The molecule has 1 N–H and O–H groups in total. The smallest absolute Gasteiger partial charge is 0.175 e. The number of sulfone groups is 1. The van der Waals surface area contributed by atoms with Gasteiger partial charge in [0.15, 0.2) is 9.84 Å². The Bertz CT molecular complexity index is 989. The number of halogens is 1. The van der Waals surface area contributed by atoms with Gasteiger partial charge in [-0.15, -0.1) is 0 Å². The normalized spacial score (nSPS) is 11.6.